The fourth-order valence-corrected chi connectivity index (χ4v) is 5.37. The number of hydrogen-bond donors (Lipinski definition) is 1. The van der Waals surface area contributed by atoms with Crippen molar-refractivity contribution in [3.05, 3.63) is 29.3 Å². The average molecular weight is 414 g/mol. The van der Waals surface area contributed by atoms with E-state index >= 15 is 0 Å². The Bertz CT molecular complexity index is 740. The number of piperazine rings is 1. The van der Waals surface area contributed by atoms with E-state index in [-0.39, 0.29) is 16.8 Å². The van der Waals surface area contributed by atoms with Gasteiger partial charge in [0.15, 0.2) is 0 Å². The molecule has 1 atom stereocenters. The average Bonchev–Trinajstić information content (AvgIpc) is 2.68. The van der Waals surface area contributed by atoms with E-state index in [1.54, 1.807) is 12.1 Å². The Morgan fingerprint density at radius 1 is 1.07 bits per heavy atom. The Morgan fingerprint density at radius 3 is 2.26 bits per heavy atom. The number of rotatable bonds is 5. The molecule has 0 bridgehead atoms. The molecule has 27 heavy (non-hydrogen) atoms. The number of nitrogens with one attached hydrogen (secondary N) is 1. The molecular formula is C19H28ClN3O3S. The summed E-state index contributed by atoms with van der Waals surface area (Å²) in [6, 6.07) is 6.28. The summed E-state index contributed by atoms with van der Waals surface area (Å²) in [6.07, 6.45) is 5.74. The Balaban J connectivity index is 1.54. The van der Waals surface area contributed by atoms with Gasteiger partial charge in [-0.1, -0.05) is 30.9 Å². The summed E-state index contributed by atoms with van der Waals surface area (Å²) in [7, 11) is -3.52. The van der Waals surface area contributed by atoms with Crippen molar-refractivity contribution in [2.24, 2.45) is 0 Å². The minimum absolute atomic E-state index is 0.0518. The molecule has 3 rings (SSSR count). The third-order valence-corrected chi connectivity index (χ3v) is 7.77. The van der Waals surface area contributed by atoms with Gasteiger partial charge >= 0.3 is 0 Å². The van der Waals surface area contributed by atoms with Gasteiger partial charge in [0.1, 0.15) is 0 Å². The molecule has 0 aromatic heterocycles. The number of halogens is 1. The minimum atomic E-state index is -3.52. The van der Waals surface area contributed by atoms with Crippen molar-refractivity contribution >= 4 is 27.5 Å². The van der Waals surface area contributed by atoms with E-state index in [4.69, 9.17) is 11.6 Å². The molecule has 1 aromatic rings. The van der Waals surface area contributed by atoms with Gasteiger partial charge in [0.2, 0.25) is 15.9 Å². The zero-order valence-corrected chi connectivity index (χ0v) is 17.3. The van der Waals surface area contributed by atoms with Gasteiger partial charge in [-0.3, -0.25) is 9.69 Å². The van der Waals surface area contributed by atoms with Crippen molar-refractivity contribution in [3.8, 4) is 0 Å². The van der Waals surface area contributed by atoms with E-state index < -0.39 is 10.0 Å². The molecule has 0 unspecified atom stereocenters. The zero-order chi connectivity index (χ0) is 19.4. The summed E-state index contributed by atoms with van der Waals surface area (Å²) in [4.78, 5) is 14.9. The Morgan fingerprint density at radius 2 is 1.67 bits per heavy atom. The predicted octanol–water partition coefficient (Wildman–Crippen LogP) is 2.48. The second-order valence-corrected chi connectivity index (χ2v) is 9.79. The van der Waals surface area contributed by atoms with Gasteiger partial charge in [-0.15, -0.1) is 0 Å². The predicted molar refractivity (Wildman–Crippen MR) is 106 cm³/mol. The van der Waals surface area contributed by atoms with Crippen LogP contribution in [0.3, 0.4) is 0 Å². The number of carbonyl (C=O) groups is 1. The van der Waals surface area contributed by atoms with Gasteiger partial charge in [0, 0.05) is 37.2 Å². The smallest absolute Gasteiger partial charge is 0.243 e. The molecule has 8 heteroatoms. The minimum Gasteiger partial charge on any atom is -0.352 e. The summed E-state index contributed by atoms with van der Waals surface area (Å²) in [5.74, 6) is 0.0518. The van der Waals surface area contributed by atoms with Gasteiger partial charge in [0.25, 0.3) is 0 Å². The Labute approximate surface area is 166 Å². The fraction of sp³-hybridized carbons (Fsp3) is 0.632. The first-order valence-electron chi connectivity index (χ1n) is 9.68. The standard InChI is InChI=1S/C19H28ClN3O3S/c1-15(19(24)21-17-5-3-2-4-6-17)22-11-13-23(14-12-22)27(25,26)18-9-7-16(20)8-10-18/h7-10,15,17H,2-6,11-14H2,1H3,(H,21,24)/t15-/m1/s1. The van der Waals surface area contributed by atoms with Crippen LogP contribution in [-0.4, -0.2) is 61.8 Å². The van der Waals surface area contributed by atoms with E-state index in [2.05, 4.69) is 10.2 Å². The van der Waals surface area contributed by atoms with Crippen LogP contribution >= 0.6 is 11.6 Å². The molecule has 1 N–H and O–H groups in total. The monoisotopic (exact) mass is 413 g/mol. The van der Waals surface area contributed by atoms with Crippen LogP contribution in [0.25, 0.3) is 0 Å². The molecule has 0 radical (unpaired) electrons. The van der Waals surface area contributed by atoms with Gasteiger partial charge in [0.05, 0.1) is 10.9 Å². The molecule has 1 saturated heterocycles. The maximum atomic E-state index is 12.8. The molecule has 6 nitrogen and oxygen atoms in total. The number of amides is 1. The van der Waals surface area contributed by atoms with Crippen LogP contribution in [0.15, 0.2) is 29.2 Å². The molecule has 150 valence electrons. The van der Waals surface area contributed by atoms with Crippen molar-refractivity contribution in [1.82, 2.24) is 14.5 Å². The van der Waals surface area contributed by atoms with Crippen LogP contribution in [0.4, 0.5) is 0 Å². The lowest BCUT2D eigenvalue weighted by Crippen LogP contribution is -2.55. The summed E-state index contributed by atoms with van der Waals surface area (Å²) < 4.78 is 27.0. The maximum absolute atomic E-state index is 12.8. The molecular weight excluding hydrogens is 386 g/mol. The first-order chi connectivity index (χ1) is 12.9. The van der Waals surface area contributed by atoms with E-state index in [0.717, 1.165) is 12.8 Å². The summed E-state index contributed by atoms with van der Waals surface area (Å²) in [5, 5.41) is 3.67. The van der Waals surface area contributed by atoms with Crippen LogP contribution < -0.4 is 5.32 Å². The first kappa shape index (κ1) is 20.6. The van der Waals surface area contributed by atoms with E-state index in [9.17, 15) is 13.2 Å². The molecule has 1 amide bonds. The zero-order valence-electron chi connectivity index (χ0n) is 15.7. The van der Waals surface area contributed by atoms with Crippen LogP contribution in [0.2, 0.25) is 5.02 Å². The molecule has 1 heterocycles. The molecule has 1 saturated carbocycles. The highest BCUT2D eigenvalue weighted by atomic mass is 35.5. The molecule has 1 aliphatic heterocycles. The lowest BCUT2D eigenvalue weighted by atomic mass is 9.95. The number of hydrogen-bond acceptors (Lipinski definition) is 4. The van der Waals surface area contributed by atoms with Gasteiger partial charge in [-0.2, -0.15) is 4.31 Å². The van der Waals surface area contributed by atoms with Gasteiger partial charge in [-0.05, 0) is 44.0 Å². The lowest BCUT2D eigenvalue weighted by Gasteiger charge is -2.37. The van der Waals surface area contributed by atoms with Crippen molar-refractivity contribution in [2.45, 2.75) is 56.0 Å². The summed E-state index contributed by atoms with van der Waals surface area (Å²) >= 11 is 5.85. The van der Waals surface area contributed by atoms with Crippen LogP contribution in [0.1, 0.15) is 39.0 Å². The molecule has 2 aliphatic rings. The first-order valence-corrected chi connectivity index (χ1v) is 11.5. The summed E-state index contributed by atoms with van der Waals surface area (Å²) in [6.45, 7) is 3.76. The Kier molecular flexibility index (Phi) is 6.78. The number of sulfonamides is 1. The van der Waals surface area contributed by atoms with Crippen molar-refractivity contribution in [2.75, 3.05) is 26.2 Å². The molecule has 1 aliphatic carbocycles. The van der Waals surface area contributed by atoms with Gasteiger partial charge < -0.3 is 5.32 Å². The van der Waals surface area contributed by atoms with E-state index in [1.165, 1.54) is 35.7 Å². The molecule has 0 spiro atoms. The van der Waals surface area contributed by atoms with Crippen LogP contribution in [-0.2, 0) is 14.8 Å². The van der Waals surface area contributed by atoms with Crippen LogP contribution in [0.5, 0.6) is 0 Å². The number of nitrogens with zero attached hydrogens (tertiary/aromatic N) is 2. The van der Waals surface area contributed by atoms with Crippen molar-refractivity contribution < 1.29 is 13.2 Å². The largest absolute Gasteiger partial charge is 0.352 e. The van der Waals surface area contributed by atoms with Crippen LogP contribution in [0, 0.1) is 0 Å². The fourth-order valence-electron chi connectivity index (χ4n) is 3.82. The maximum Gasteiger partial charge on any atom is 0.243 e. The van der Waals surface area contributed by atoms with Gasteiger partial charge in [-0.25, -0.2) is 8.42 Å². The second kappa shape index (κ2) is 8.90. The third-order valence-electron chi connectivity index (χ3n) is 5.60. The number of benzene rings is 1. The SMILES string of the molecule is C[C@H](C(=O)NC1CCCCC1)N1CCN(S(=O)(=O)c2ccc(Cl)cc2)CC1. The van der Waals surface area contributed by atoms with E-state index in [1.807, 2.05) is 6.92 Å². The summed E-state index contributed by atoms with van der Waals surface area (Å²) in [5.41, 5.74) is 0. The quantitative estimate of drug-likeness (QED) is 0.805. The lowest BCUT2D eigenvalue weighted by molar-refractivity contribution is -0.127. The van der Waals surface area contributed by atoms with E-state index in [0.29, 0.717) is 37.2 Å². The highest BCUT2D eigenvalue weighted by Crippen LogP contribution is 2.21. The normalized spacial score (nSPS) is 21.7. The third kappa shape index (κ3) is 5.02. The topological polar surface area (TPSA) is 69.7 Å². The molecule has 2 fully saturated rings. The number of carbonyl (C=O) groups excluding carboxylic acids is 1. The van der Waals surface area contributed by atoms with Crippen molar-refractivity contribution in [3.63, 3.8) is 0 Å². The molecule has 1 aromatic carbocycles. The second-order valence-electron chi connectivity index (χ2n) is 7.41. The Hall–Kier alpha value is -1.15. The highest BCUT2D eigenvalue weighted by Gasteiger charge is 2.32. The highest BCUT2D eigenvalue weighted by molar-refractivity contribution is 7.89. The van der Waals surface area contributed by atoms with Crippen molar-refractivity contribution in [1.29, 1.82) is 0 Å².